The molecule has 2 amide bonds. The van der Waals surface area contributed by atoms with E-state index in [0.29, 0.717) is 32.5 Å². The van der Waals surface area contributed by atoms with Crippen molar-refractivity contribution >= 4 is 22.8 Å². The normalized spacial score (nSPS) is 21.0. The van der Waals surface area contributed by atoms with Crippen LogP contribution < -0.4 is 4.74 Å². The number of benzene rings is 2. The van der Waals surface area contributed by atoms with E-state index in [1.807, 2.05) is 69.0 Å². The highest BCUT2D eigenvalue weighted by Gasteiger charge is 2.35. The van der Waals surface area contributed by atoms with Crippen LogP contribution in [-0.2, 0) is 16.1 Å². The van der Waals surface area contributed by atoms with Crippen molar-refractivity contribution in [2.45, 2.75) is 31.9 Å². The number of carbonyl (C=O) groups is 2. The van der Waals surface area contributed by atoms with E-state index in [-0.39, 0.29) is 23.8 Å². The predicted octanol–water partition coefficient (Wildman–Crippen LogP) is 2.89. The maximum absolute atomic E-state index is 13.2. The summed E-state index contributed by atoms with van der Waals surface area (Å²) >= 11 is 0. The van der Waals surface area contributed by atoms with Gasteiger partial charge >= 0.3 is 0 Å². The molecule has 8 nitrogen and oxygen atoms in total. The first-order valence-corrected chi connectivity index (χ1v) is 12.9. The molecule has 0 saturated carbocycles. The minimum atomic E-state index is -0.0922. The number of aromatic nitrogens is 2. The van der Waals surface area contributed by atoms with Crippen molar-refractivity contribution in [2.75, 3.05) is 46.3 Å². The van der Waals surface area contributed by atoms with Gasteiger partial charge in [-0.2, -0.15) is 0 Å². The number of nitrogens with zero attached hydrogens (tertiary/aromatic N) is 5. The molecule has 2 atom stereocenters. The summed E-state index contributed by atoms with van der Waals surface area (Å²) in [6, 6.07) is 17.7. The number of piperazine rings is 1. The number of imidazole rings is 1. The van der Waals surface area contributed by atoms with Crippen LogP contribution in [0.1, 0.15) is 19.3 Å². The van der Waals surface area contributed by atoms with Gasteiger partial charge in [0.05, 0.1) is 17.4 Å². The maximum atomic E-state index is 13.2. The minimum absolute atomic E-state index is 0.0378. The van der Waals surface area contributed by atoms with E-state index in [9.17, 15) is 9.59 Å². The molecule has 2 fully saturated rings. The van der Waals surface area contributed by atoms with Gasteiger partial charge in [-0.25, -0.2) is 4.98 Å². The Balaban J connectivity index is 1.23. The molecule has 0 N–H and O–H groups in total. The number of para-hydroxylation sites is 3. The van der Waals surface area contributed by atoms with E-state index in [0.717, 1.165) is 49.4 Å². The fourth-order valence-corrected chi connectivity index (χ4v) is 5.23. The Morgan fingerprint density at radius 1 is 0.917 bits per heavy atom. The third-order valence-electron chi connectivity index (χ3n) is 7.43. The van der Waals surface area contributed by atoms with Crippen LogP contribution in [0.2, 0.25) is 0 Å². The van der Waals surface area contributed by atoms with Crippen LogP contribution in [0.3, 0.4) is 0 Å². The van der Waals surface area contributed by atoms with Crippen LogP contribution in [0.5, 0.6) is 5.75 Å². The zero-order chi connectivity index (χ0) is 24.9. The molecule has 0 aliphatic carbocycles. The second-order valence-electron chi connectivity index (χ2n) is 9.92. The molecule has 0 spiro atoms. The van der Waals surface area contributed by atoms with Crippen molar-refractivity contribution in [3.05, 3.63) is 60.9 Å². The molecule has 190 valence electrons. The molecule has 1 aromatic heterocycles. The van der Waals surface area contributed by atoms with Gasteiger partial charge in [-0.3, -0.25) is 9.59 Å². The van der Waals surface area contributed by atoms with Crippen LogP contribution >= 0.6 is 0 Å². The lowest BCUT2D eigenvalue weighted by atomic mass is 9.90. The van der Waals surface area contributed by atoms with Crippen molar-refractivity contribution in [3.8, 4) is 5.75 Å². The fraction of sp³-hybridized carbons (Fsp3) is 0.464. The van der Waals surface area contributed by atoms with Crippen molar-refractivity contribution in [2.24, 2.45) is 5.92 Å². The van der Waals surface area contributed by atoms with Crippen molar-refractivity contribution in [3.63, 3.8) is 0 Å². The maximum Gasteiger partial charge on any atom is 0.224 e. The molecule has 2 aliphatic heterocycles. The first-order valence-electron chi connectivity index (χ1n) is 12.9. The first-order chi connectivity index (χ1) is 17.6. The molecule has 0 radical (unpaired) electrons. The number of likely N-dealkylation sites (tertiary alicyclic amines) is 1. The van der Waals surface area contributed by atoms with Crippen LogP contribution in [-0.4, -0.2) is 88.5 Å². The molecular formula is C28H35N5O3. The zero-order valence-corrected chi connectivity index (χ0v) is 21.0. The van der Waals surface area contributed by atoms with Gasteiger partial charge in [0.25, 0.3) is 0 Å². The van der Waals surface area contributed by atoms with Gasteiger partial charge in [0, 0.05) is 71.0 Å². The number of hydrogen-bond acceptors (Lipinski definition) is 5. The van der Waals surface area contributed by atoms with Crippen LogP contribution in [0.25, 0.3) is 11.0 Å². The lowest BCUT2D eigenvalue weighted by Gasteiger charge is -2.40. The van der Waals surface area contributed by atoms with E-state index in [1.165, 1.54) is 0 Å². The average molecular weight is 490 g/mol. The highest BCUT2D eigenvalue weighted by molar-refractivity contribution is 5.79. The third-order valence-corrected chi connectivity index (χ3v) is 7.43. The summed E-state index contributed by atoms with van der Waals surface area (Å²) in [6.07, 6.45) is 3.23. The Morgan fingerprint density at radius 2 is 1.67 bits per heavy atom. The summed E-state index contributed by atoms with van der Waals surface area (Å²) in [7, 11) is 2.09. The number of rotatable bonds is 7. The first kappa shape index (κ1) is 24.3. The second-order valence-corrected chi connectivity index (χ2v) is 9.92. The summed E-state index contributed by atoms with van der Waals surface area (Å²) in [5.74, 6) is 1.05. The SMILES string of the molecule is CN1CCN(C(=O)C[C@H]2CN(C(=O)CCn3cnc4ccccc43)CC[C@@H]2Oc2ccccc2)CC1. The van der Waals surface area contributed by atoms with Gasteiger partial charge in [-0.05, 0) is 31.3 Å². The molecule has 3 aromatic rings. The number of likely N-dealkylation sites (N-methyl/N-ethyl adjacent to an activating group) is 1. The monoisotopic (exact) mass is 489 g/mol. The van der Waals surface area contributed by atoms with Gasteiger partial charge in [0.15, 0.2) is 0 Å². The van der Waals surface area contributed by atoms with Crippen LogP contribution in [0.15, 0.2) is 60.9 Å². The summed E-state index contributed by atoms with van der Waals surface area (Å²) in [6.45, 7) is 5.08. The Kier molecular flexibility index (Phi) is 7.51. The number of hydrogen-bond donors (Lipinski definition) is 0. The molecule has 2 aromatic carbocycles. The number of carbonyl (C=O) groups excluding carboxylic acids is 2. The zero-order valence-electron chi connectivity index (χ0n) is 21.0. The summed E-state index contributed by atoms with van der Waals surface area (Å²) < 4.78 is 8.37. The number of amides is 2. The van der Waals surface area contributed by atoms with E-state index < -0.39 is 0 Å². The average Bonchev–Trinajstić information content (AvgIpc) is 3.32. The lowest BCUT2D eigenvalue weighted by molar-refractivity contribution is -0.140. The molecule has 2 saturated heterocycles. The van der Waals surface area contributed by atoms with Gasteiger partial charge < -0.3 is 24.0 Å². The third kappa shape index (κ3) is 5.70. The van der Waals surface area contributed by atoms with E-state index >= 15 is 0 Å². The predicted molar refractivity (Wildman–Crippen MR) is 139 cm³/mol. The number of piperidine rings is 1. The smallest absolute Gasteiger partial charge is 0.224 e. The Hall–Kier alpha value is -3.39. The highest BCUT2D eigenvalue weighted by Crippen LogP contribution is 2.27. The molecule has 0 bridgehead atoms. The van der Waals surface area contributed by atoms with E-state index in [4.69, 9.17) is 4.74 Å². The quantitative estimate of drug-likeness (QED) is 0.511. The van der Waals surface area contributed by atoms with Gasteiger partial charge in [0.2, 0.25) is 11.8 Å². The van der Waals surface area contributed by atoms with Gasteiger partial charge in [0.1, 0.15) is 11.9 Å². The van der Waals surface area contributed by atoms with Gasteiger partial charge in [-0.15, -0.1) is 0 Å². The molecule has 2 aliphatic rings. The summed E-state index contributed by atoms with van der Waals surface area (Å²) in [5, 5.41) is 0. The molecule has 0 unspecified atom stereocenters. The number of ether oxygens (including phenoxy) is 1. The summed E-state index contributed by atoms with van der Waals surface area (Å²) in [4.78, 5) is 37.0. The van der Waals surface area contributed by atoms with E-state index in [1.54, 1.807) is 6.33 Å². The van der Waals surface area contributed by atoms with Crippen molar-refractivity contribution < 1.29 is 14.3 Å². The van der Waals surface area contributed by atoms with Gasteiger partial charge in [-0.1, -0.05) is 30.3 Å². The standard InChI is InChI=1S/C28H35N5O3/c1-30-15-17-31(18-16-30)28(35)19-22-20-32(13-11-26(22)36-23-7-3-2-4-8-23)27(34)12-14-33-21-29-24-9-5-6-10-25(24)33/h2-10,21-22,26H,11-20H2,1H3/t22-,26-/m0/s1. The second kappa shape index (κ2) is 11.1. The van der Waals surface area contributed by atoms with Crippen LogP contribution in [0, 0.1) is 5.92 Å². The topological polar surface area (TPSA) is 70.9 Å². The van der Waals surface area contributed by atoms with Crippen molar-refractivity contribution in [1.82, 2.24) is 24.3 Å². The minimum Gasteiger partial charge on any atom is -0.490 e. The molecule has 36 heavy (non-hydrogen) atoms. The Bertz CT molecular complexity index is 1170. The highest BCUT2D eigenvalue weighted by atomic mass is 16.5. The molecule has 3 heterocycles. The lowest BCUT2D eigenvalue weighted by Crippen LogP contribution is -2.51. The number of fused-ring (bicyclic) bond motifs is 1. The fourth-order valence-electron chi connectivity index (χ4n) is 5.23. The molecule has 8 heteroatoms. The largest absolute Gasteiger partial charge is 0.490 e. The molecular weight excluding hydrogens is 454 g/mol. The Labute approximate surface area is 212 Å². The van der Waals surface area contributed by atoms with E-state index in [2.05, 4.69) is 16.9 Å². The Morgan fingerprint density at radius 3 is 2.47 bits per heavy atom. The van der Waals surface area contributed by atoms with Crippen molar-refractivity contribution in [1.29, 1.82) is 0 Å². The molecule has 5 rings (SSSR count). The number of aryl methyl sites for hydroxylation is 1. The summed E-state index contributed by atoms with van der Waals surface area (Å²) in [5.41, 5.74) is 1.97. The van der Waals surface area contributed by atoms with Crippen LogP contribution in [0.4, 0.5) is 0 Å².